The van der Waals surface area contributed by atoms with Crippen LogP contribution in [0.15, 0.2) is 54.6 Å². The van der Waals surface area contributed by atoms with Crippen molar-refractivity contribution in [2.75, 3.05) is 0 Å². The third-order valence-electron chi connectivity index (χ3n) is 4.41. The zero-order chi connectivity index (χ0) is 18.8. The number of carbonyl (C=O) groups is 1. The smallest absolute Gasteiger partial charge is 0.270 e. The van der Waals surface area contributed by atoms with E-state index in [4.69, 9.17) is 5.73 Å². The summed E-state index contributed by atoms with van der Waals surface area (Å²) in [7, 11) is 0. The molecular formula is C20H19N3O3. The van der Waals surface area contributed by atoms with Crippen LogP contribution in [0.5, 0.6) is 0 Å². The van der Waals surface area contributed by atoms with Crippen LogP contribution in [-0.2, 0) is 6.54 Å². The lowest BCUT2D eigenvalue weighted by atomic mass is 10.1. The van der Waals surface area contributed by atoms with Crippen LogP contribution in [0.4, 0.5) is 5.69 Å². The van der Waals surface area contributed by atoms with Gasteiger partial charge < -0.3 is 10.3 Å². The largest absolute Gasteiger partial charge is 0.366 e. The van der Waals surface area contributed by atoms with Gasteiger partial charge in [-0.2, -0.15) is 0 Å². The second kappa shape index (κ2) is 6.84. The monoisotopic (exact) mass is 349 g/mol. The van der Waals surface area contributed by atoms with Gasteiger partial charge in [-0.15, -0.1) is 0 Å². The summed E-state index contributed by atoms with van der Waals surface area (Å²) in [5.74, 6) is -0.517. The molecule has 0 bridgehead atoms. The fraction of sp³-hybridized carbons (Fsp3) is 0.150. The number of carbonyl (C=O) groups excluding carboxylic acids is 1. The van der Waals surface area contributed by atoms with Crippen LogP contribution in [0.25, 0.3) is 11.3 Å². The van der Waals surface area contributed by atoms with E-state index in [1.54, 1.807) is 18.2 Å². The number of benzene rings is 2. The first-order valence-corrected chi connectivity index (χ1v) is 8.17. The van der Waals surface area contributed by atoms with E-state index in [0.717, 1.165) is 22.5 Å². The van der Waals surface area contributed by atoms with Crippen LogP contribution in [-0.4, -0.2) is 15.4 Å². The summed E-state index contributed by atoms with van der Waals surface area (Å²) in [6, 6.07) is 16.1. The molecule has 2 aromatic carbocycles. The standard InChI is InChI=1S/C20H19N3O3/c1-13-5-3-6-15(9-13)12-22-14(2)18(20(21)24)11-19(22)16-7-4-8-17(10-16)23(25)26/h3-11H,12H2,1-2H3,(H2,21,24). The highest BCUT2D eigenvalue weighted by molar-refractivity contribution is 5.95. The SMILES string of the molecule is Cc1cccc(Cn2c(-c3cccc([N+](=O)[O-])c3)cc(C(N)=O)c2C)c1. The van der Waals surface area contributed by atoms with Gasteiger partial charge in [0.2, 0.25) is 0 Å². The maximum Gasteiger partial charge on any atom is 0.270 e. The molecule has 1 aromatic heterocycles. The Kier molecular flexibility index (Phi) is 4.58. The number of aromatic nitrogens is 1. The molecule has 132 valence electrons. The molecule has 0 unspecified atom stereocenters. The molecule has 2 N–H and O–H groups in total. The van der Waals surface area contributed by atoms with E-state index < -0.39 is 10.8 Å². The average Bonchev–Trinajstić information content (AvgIpc) is 2.92. The number of amides is 1. The summed E-state index contributed by atoms with van der Waals surface area (Å²) in [4.78, 5) is 22.5. The summed E-state index contributed by atoms with van der Waals surface area (Å²) in [6.07, 6.45) is 0. The third kappa shape index (κ3) is 3.35. The minimum Gasteiger partial charge on any atom is -0.366 e. The van der Waals surface area contributed by atoms with Crippen molar-refractivity contribution in [1.29, 1.82) is 0 Å². The van der Waals surface area contributed by atoms with E-state index in [9.17, 15) is 14.9 Å². The summed E-state index contributed by atoms with van der Waals surface area (Å²) >= 11 is 0. The Morgan fingerprint density at radius 1 is 1.12 bits per heavy atom. The second-order valence-electron chi connectivity index (χ2n) is 6.28. The van der Waals surface area contributed by atoms with Gasteiger partial charge >= 0.3 is 0 Å². The number of aryl methyl sites for hydroxylation is 1. The summed E-state index contributed by atoms with van der Waals surface area (Å²) < 4.78 is 1.97. The Bertz CT molecular complexity index is 1010. The summed E-state index contributed by atoms with van der Waals surface area (Å²) in [5, 5.41) is 11.1. The molecule has 0 atom stereocenters. The van der Waals surface area contributed by atoms with Crippen molar-refractivity contribution >= 4 is 11.6 Å². The number of rotatable bonds is 5. The summed E-state index contributed by atoms with van der Waals surface area (Å²) in [5.41, 5.74) is 10.3. The van der Waals surface area contributed by atoms with E-state index in [-0.39, 0.29) is 5.69 Å². The first-order valence-electron chi connectivity index (χ1n) is 8.17. The van der Waals surface area contributed by atoms with Gasteiger partial charge in [0.1, 0.15) is 0 Å². The Morgan fingerprint density at radius 2 is 1.85 bits per heavy atom. The number of nitro benzene ring substituents is 1. The normalized spacial score (nSPS) is 10.7. The van der Waals surface area contributed by atoms with Gasteiger partial charge in [0.25, 0.3) is 11.6 Å². The molecule has 0 aliphatic rings. The Hall–Kier alpha value is -3.41. The number of nitrogens with two attached hydrogens (primary N) is 1. The van der Waals surface area contributed by atoms with Gasteiger partial charge in [-0.1, -0.05) is 42.0 Å². The van der Waals surface area contributed by atoms with Crippen LogP contribution < -0.4 is 5.73 Å². The zero-order valence-corrected chi connectivity index (χ0v) is 14.6. The molecule has 0 saturated carbocycles. The van der Waals surface area contributed by atoms with Crippen LogP contribution in [0.3, 0.4) is 0 Å². The molecule has 3 aromatic rings. The van der Waals surface area contributed by atoms with Crippen molar-refractivity contribution < 1.29 is 9.72 Å². The van der Waals surface area contributed by atoms with E-state index >= 15 is 0 Å². The molecular weight excluding hydrogens is 330 g/mol. The number of nitro groups is 1. The van der Waals surface area contributed by atoms with Crippen molar-refractivity contribution in [3.63, 3.8) is 0 Å². The zero-order valence-electron chi connectivity index (χ0n) is 14.6. The molecule has 3 rings (SSSR count). The van der Waals surface area contributed by atoms with Crippen molar-refractivity contribution in [2.24, 2.45) is 5.73 Å². The third-order valence-corrected chi connectivity index (χ3v) is 4.41. The summed E-state index contributed by atoms with van der Waals surface area (Å²) in [6.45, 7) is 4.39. The molecule has 0 aliphatic heterocycles. The molecule has 1 amide bonds. The highest BCUT2D eigenvalue weighted by Crippen LogP contribution is 2.29. The first kappa shape index (κ1) is 17.4. The molecule has 26 heavy (non-hydrogen) atoms. The van der Waals surface area contributed by atoms with Gasteiger partial charge in [0.05, 0.1) is 10.5 Å². The van der Waals surface area contributed by atoms with Gasteiger partial charge in [-0.05, 0) is 25.5 Å². The topological polar surface area (TPSA) is 91.2 Å². The average molecular weight is 349 g/mol. The van der Waals surface area contributed by atoms with E-state index in [1.165, 1.54) is 12.1 Å². The Balaban J connectivity index is 2.15. The van der Waals surface area contributed by atoms with Crippen molar-refractivity contribution in [2.45, 2.75) is 20.4 Å². The number of hydrogen-bond acceptors (Lipinski definition) is 3. The number of primary amides is 1. The Labute approximate surface area is 151 Å². The van der Waals surface area contributed by atoms with Crippen molar-refractivity contribution in [1.82, 2.24) is 4.57 Å². The minimum absolute atomic E-state index is 0.00378. The van der Waals surface area contributed by atoms with Crippen LogP contribution in [0, 0.1) is 24.0 Å². The lowest BCUT2D eigenvalue weighted by Gasteiger charge is -2.13. The fourth-order valence-electron chi connectivity index (χ4n) is 3.11. The van der Waals surface area contributed by atoms with E-state index in [1.807, 2.05) is 36.6 Å². The molecule has 0 radical (unpaired) electrons. The van der Waals surface area contributed by atoms with Crippen LogP contribution in [0.1, 0.15) is 27.2 Å². The molecule has 0 fully saturated rings. The molecule has 6 nitrogen and oxygen atoms in total. The highest BCUT2D eigenvalue weighted by Gasteiger charge is 2.18. The van der Waals surface area contributed by atoms with E-state index in [2.05, 4.69) is 6.07 Å². The predicted molar refractivity (Wildman–Crippen MR) is 100 cm³/mol. The minimum atomic E-state index is -0.517. The first-order chi connectivity index (χ1) is 12.4. The molecule has 0 spiro atoms. The lowest BCUT2D eigenvalue weighted by molar-refractivity contribution is -0.384. The number of non-ortho nitro benzene ring substituents is 1. The second-order valence-corrected chi connectivity index (χ2v) is 6.28. The van der Waals surface area contributed by atoms with Gasteiger partial charge in [-0.25, -0.2) is 0 Å². The maximum atomic E-state index is 11.8. The van der Waals surface area contributed by atoms with Crippen LogP contribution in [0.2, 0.25) is 0 Å². The lowest BCUT2D eigenvalue weighted by Crippen LogP contribution is -2.12. The van der Waals surface area contributed by atoms with Crippen molar-refractivity contribution in [3.8, 4) is 11.3 Å². The quantitative estimate of drug-likeness (QED) is 0.560. The highest BCUT2D eigenvalue weighted by atomic mass is 16.6. The van der Waals surface area contributed by atoms with Gasteiger partial charge in [0, 0.05) is 35.6 Å². The Morgan fingerprint density at radius 3 is 2.50 bits per heavy atom. The van der Waals surface area contributed by atoms with Gasteiger partial charge in [0.15, 0.2) is 0 Å². The van der Waals surface area contributed by atoms with Gasteiger partial charge in [-0.3, -0.25) is 14.9 Å². The molecule has 0 saturated heterocycles. The predicted octanol–water partition coefficient (Wildman–Crippen LogP) is 3.83. The fourth-order valence-corrected chi connectivity index (χ4v) is 3.11. The molecule has 6 heteroatoms. The van der Waals surface area contributed by atoms with Crippen molar-refractivity contribution in [3.05, 3.63) is 87.1 Å². The number of hydrogen-bond donors (Lipinski definition) is 1. The van der Waals surface area contributed by atoms with E-state index in [0.29, 0.717) is 17.7 Å². The molecule has 1 heterocycles. The number of nitrogens with zero attached hydrogens (tertiary/aromatic N) is 2. The van der Waals surface area contributed by atoms with Crippen LogP contribution >= 0.6 is 0 Å². The maximum absolute atomic E-state index is 11.8. The molecule has 0 aliphatic carbocycles.